The number of hydrogen-bond acceptors (Lipinski definition) is 7. The monoisotopic (exact) mass is 428 g/mol. The predicted molar refractivity (Wildman–Crippen MR) is 117 cm³/mol. The van der Waals surface area contributed by atoms with E-state index in [-0.39, 0.29) is 37.4 Å². The van der Waals surface area contributed by atoms with E-state index in [4.69, 9.17) is 0 Å². The maximum atomic E-state index is 13.7. The highest BCUT2D eigenvalue weighted by molar-refractivity contribution is 6.01. The van der Waals surface area contributed by atoms with Gasteiger partial charge in [0.15, 0.2) is 6.29 Å². The van der Waals surface area contributed by atoms with E-state index >= 15 is 0 Å². The van der Waals surface area contributed by atoms with Gasteiger partial charge in [0.2, 0.25) is 0 Å². The smallest absolute Gasteiger partial charge is 0.328 e. The van der Waals surface area contributed by atoms with Crippen LogP contribution in [0, 0.1) is 13.8 Å². The molecule has 0 bridgehead atoms. The number of likely N-dealkylation sites (N-methyl/N-ethyl adjacent to an activating group) is 1. The van der Waals surface area contributed by atoms with Crippen LogP contribution >= 0.6 is 0 Å². The first kappa shape index (κ1) is 21.7. The molecule has 0 radical (unpaired) electrons. The van der Waals surface area contributed by atoms with Crippen molar-refractivity contribution in [3.8, 4) is 0 Å². The summed E-state index contributed by atoms with van der Waals surface area (Å²) in [5, 5.41) is 19.3. The number of urea groups is 1. The fourth-order valence-electron chi connectivity index (χ4n) is 4.74. The van der Waals surface area contributed by atoms with Crippen LogP contribution in [0.1, 0.15) is 37.0 Å². The third-order valence-corrected chi connectivity index (χ3v) is 6.69. The Balaban J connectivity index is 1.66. The van der Waals surface area contributed by atoms with Crippen molar-refractivity contribution in [2.45, 2.75) is 65.2 Å². The molecule has 168 valence electrons. The first-order valence-electron chi connectivity index (χ1n) is 10.8. The molecule has 3 aliphatic rings. The highest BCUT2D eigenvalue weighted by Gasteiger charge is 2.57. The Morgan fingerprint density at radius 1 is 1.19 bits per heavy atom. The molecule has 9 nitrogen and oxygen atoms in total. The lowest BCUT2D eigenvalue weighted by molar-refractivity contribution is -0.140. The second-order valence-electron chi connectivity index (χ2n) is 8.78. The van der Waals surface area contributed by atoms with Crippen LogP contribution in [-0.4, -0.2) is 87.2 Å². The number of imide groups is 1. The molecule has 2 saturated heterocycles. The molecule has 2 fully saturated rings. The lowest BCUT2D eigenvalue weighted by Gasteiger charge is -2.45. The average molecular weight is 429 g/mol. The van der Waals surface area contributed by atoms with E-state index in [2.05, 4.69) is 15.3 Å². The minimum Gasteiger partial charge on any atom is -0.396 e. The molecule has 0 aromatic heterocycles. The Hall–Kier alpha value is -2.49. The van der Waals surface area contributed by atoms with Gasteiger partial charge in [-0.15, -0.1) is 0 Å². The number of hydrazone groups is 1. The first-order chi connectivity index (χ1) is 14.7. The van der Waals surface area contributed by atoms with Crippen LogP contribution in [0.5, 0.6) is 0 Å². The van der Waals surface area contributed by atoms with Crippen molar-refractivity contribution in [1.29, 1.82) is 0 Å². The predicted octanol–water partition coefficient (Wildman–Crippen LogP) is 1.04. The molecular weight excluding hydrogens is 396 g/mol. The van der Waals surface area contributed by atoms with E-state index in [9.17, 15) is 14.7 Å². The van der Waals surface area contributed by atoms with Gasteiger partial charge in [0.05, 0.1) is 18.3 Å². The van der Waals surface area contributed by atoms with Crippen LogP contribution in [0.15, 0.2) is 23.3 Å². The summed E-state index contributed by atoms with van der Waals surface area (Å²) in [6, 6.07) is 5.24. The first-order valence-corrected chi connectivity index (χ1v) is 10.8. The zero-order valence-electron chi connectivity index (χ0n) is 18.9. The second kappa shape index (κ2) is 8.22. The number of amides is 3. The van der Waals surface area contributed by atoms with Crippen LogP contribution in [0.3, 0.4) is 0 Å². The highest BCUT2D eigenvalue weighted by atomic mass is 16.3. The lowest BCUT2D eigenvalue weighted by atomic mass is 10.0. The van der Waals surface area contributed by atoms with Crippen molar-refractivity contribution in [3.05, 3.63) is 34.9 Å². The molecule has 1 aromatic rings. The molecule has 4 rings (SSSR count). The summed E-state index contributed by atoms with van der Waals surface area (Å²) in [5.74, 6) is -0.187. The summed E-state index contributed by atoms with van der Waals surface area (Å²) < 4.78 is 0. The minimum absolute atomic E-state index is 0.0500. The second-order valence-corrected chi connectivity index (χ2v) is 8.78. The SMILES string of the molecule is CC1=NN(CCCO)C2NC3C(C(=O)N(Cc4cc(C)ccc4C)C(=O)N3C)N2C1C. The average Bonchev–Trinajstić information content (AvgIpc) is 3.15. The van der Waals surface area contributed by atoms with E-state index < -0.39 is 12.2 Å². The third-order valence-electron chi connectivity index (χ3n) is 6.69. The van der Waals surface area contributed by atoms with E-state index in [0.717, 1.165) is 22.4 Å². The molecule has 3 aliphatic heterocycles. The number of aliphatic hydroxyl groups is 1. The van der Waals surface area contributed by atoms with Crippen molar-refractivity contribution in [2.75, 3.05) is 20.2 Å². The Morgan fingerprint density at radius 2 is 1.94 bits per heavy atom. The number of carbonyl (C=O) groups excluding carboxylic acids is 2. The Bertz CT molecular complexity index is 919. The quantitative estimate of drug-likeness (QED) is 0.728. The molecule has 0 saturated carbocycles. The van der Waals surface area contributed by atoms with Gasteiger partial charge in [0.25, 0.3) is 5.91 Å². The van der Waals surface area contributed by atoms with Gasteiger partial charge in [-0.3, -0.25) is 20.0 Å². The number of hydrogen-bond donors (Lipinski definition) is 2. The Kier molecular flexibility index (Phi) is 5.76. The van der Waals surface area contributed by atoms with Gasteiger partial charge < -0.3 is 10.0 Å². The molecule has 3 amide bonds. The minimum atomic E-state index is -0.505. The molecule has 3 heterocycles. The molecule has 0 aliphatic carbocycles. The van der Waals surface area contributed by atoms with E-state index in [1.807, 2.05) is 50.9 Å². The molecular formula is C22H32N6O3. The van der Waals surface area contributed by atoms with Crippen LogP contribution in [-0.2, 0) is 11.3 Å². The molecule has 2 N–H and O–H groups in total. The van der Waals surface area contributed by atoms with Crippen LogP contribution in [0.25, 0.3) is 0 Å². The van der Waals surface area contributed by atoms with Gasteiger partial charge in [-0.2, -0.15) is 5.10 Å². The van der Waals surface area contributed by atoms with Gasteiger partial charge in [0, 0.05) is 20.2 Å². The zero-order valence-corrected chi connectivity index (χ0v) is 18.9. The standard InChI is InChI=1S/C22H32N6O3/c1-13-7-8-14(2)17(11-13)12-26-20(30)18-19(25(5)22(26)31)23-21-27(9-6-10-29)24-15(3)16(4)28(18)21/h7-8,11,16,18-19,21,23,29H,6,9-10,12H2,1-5H3. The van der Waals surface area contributed by atoms with Crippen molar-refractivity contribution in [3.63, 3.8) is 0 Å². The topological polar surface area (TPSA) is 91.7 Å². The summed E-state index contributed by atoms with van der Waals surface area (Å²) in [7, 11) is 1.74. The van der Waals surface area contributed by atoms with Crippen molar-refractivity contribution in [1.82, 2.24) is 25.0 Å². The summed E-state index contributed by atoms with van der Waals surface area (Å²) >= 11 is 0. The van der Waals surface area contributed by atoms with Gasteiger partial charge in [-0.1, -0.05) is 23.8 Å². The van der Waals surface area contributed by atoms with Gasteiger partial charge in [-0.25, -0.2) is 9.69 Å². The molecule has 1 aromatic carbocycles. The summed E-state index contributed by atoms with van der Waals surface area (Å²) in [4.78, 5) is 32.0. The van der Waals surface area contributed by atoms with Crippen LogP contribution in [0.2, 0.25) is 0 Å². The highest BCUT2D eigenvalue weighted by Crippen LogP contribution is 2.33. The van der Waals surface area contributed by atoms with Crippen LogP contribution < -0.4 is 5.32 Å². The summed E-state index contributed by atoms with van der Waals surface area (Å²) in [5.41, 5.74) is 4.04. The van der Waals surface area contributed by atoms with Crippen molar-refractivity contribution < 1.29 is 14.7 Å². The zero-order chi connectivity index (χ0) is 22.4. The molecule has 0 spiro atoms. The van der Waals surface area contributed by atoms with Crippen molar-refractivity contribution >= 4 is 17.6 Å². The molecule has 31 heavy (non-hydrogen) atoms. The van der Waals surface area contributed by atoms with Gasteiger partial charge in [-0.05, 0) is 45.2 Å². The molecule has 9 heteroatoms. The number of carbonyl (C=O) groups is 2. The number of aryl methyl sites for hydroxylation is 2. The number of rotatable bonds is 5. The van der Waals surface area contributed by atoms with Gasteiger partial charge >= 0.3 is 6.03 Å². The maximum absolute atomic E-state index is 13.7. The largest absolute Gasteiger partial charge is 0.396 e. The maximum Gasteiger partial charge on any atom is 0.328 e. The number of aliphatic hydroxyl groups excluding tert-OH is 1. The van der Waals surface area contributed by atoms with Crippen molar-refractivity contribution in [2.24, 2.45) is 5.10 Å². The summed E-state index contributed by atoms with van der Waals surface area (Å²) in [6.45, 7) is 8.89. The number of nitrogens with zero attached hydrogens (tertiary/aromatic N) is 5. The number of nitrogens with one attached hydrogen (secondary N) is 1. The fourth-order valence-corrected chi connectivity index (χ4v) is 4.74. The molecule has 4 atom stereocenters. The lowest BCUT2D eigenvalue weighted by Crippen LogP contribution is -2.67. The molecule has 4 unspecified atom stereocenters. The Morgan fingerprint density at radius 3 is 2.65 bits per heavy atom. The van der Waals surface area contributed by atoms with Crippen LogP contribution in [0.4, 0.5) is 4.79 Å². The van der Waals surface area contributed by atoms with E-state index in [1.54, 1.807) is 11.9 Å². The van der Waals surface area contributed by atoms with Gasteiger partial charge in [0.1, 0.15) is 12.2 Å². The van der Waals surface area contributed by atoms with E-state index in [0.29, 0.717) is 13.0 Å². The van der Waals surface area contributed by atoms with E-state index in [1.165, 1.54) is 4.90 Å². The normalized spacial score (nSPS) is 28.7. The third kappa shape index (κ3) is 3.60. The number of fused-ring (bicyclic) bond motifs is 3. The number of benzene rings is 1. The Labute approximate surface area is 183 Å². The summed E-state index contributed by atoms with van der Waals surface area (Å²) in [6.07, 6.45) is -0.159. The fraction of sp³-hybridized carbons (Fsp3) is 0.591.